The molecule has 1 aromatic rings. The minimum absolute atomic E-state index is 0.0772. The lowest BCUT2D eigenvalue weighted by molar-refractivity contribution is -0.118. The van der Waals surface area contributed by atoms with Crippen molar-refractivity contribution in [2.24, 2.45) is 5.10 Å². The first-order valence-corrected chi connectivity index (χ1v) is 4.83. The summed E-state index contributed by atoms with van der Waals surface area (Å²) >= 11 is 0. The average Bonchev–Trinajstić information content (AvgIpc) is 2.30. The zero-order valence-electron chi connectivity index (χ0n) is 9.85. The standard InChI is InChI=1S/C11H14N2O4/c1-7(14)13-12-6-8-4-9(16-2)11(15)10(5-8)17-3/h4-6,15H,1-3H3,(H,13,14). The van der Waals surface area contributed by atoms with E-state index in [4.69, 9.17) is 9.47 Å². The molecule has 0 atom stereocenters. The van der Waals surface area contributed by atoms with Gasteiger partial charge in [0, 0.05) is 12.5 Å². The van der Waals surface area contributed by atoms with E-state index in [2.05, 4.69) is 10.5 Å². The van der Waals surface area contributed by atoms with Crippen molar-refractivity contribution < 1.29 is 19.4 Å². The molecule has 0 aromatic heterocycles. The number of hydrogen-bond acceptors (Lipinski definition) is 5. The average molecular weight is 238 g/mol. The number of phenolic OH excluding ortho intramolecular Hbond substituents is 1. The number of nitrogens with one attached hydrogen (secondary N) is 1. The van der Waals surface area contributed by atoms with Gasteiger partial charge in [0.25, 0.3) is 0 Å². The van der Waals surface area contributed by atoms with Crippen LogP contribution in [0.25, 0.3) is 0 Å². The molecule has 0 saturated carbocycles. The molecule has 0 heterocycles. The van der Waals surface area contributed by atoms with E-state index in [9.17, 15) is 9.90 Å². The number of aromatic hydroxyl groups is 1. The molecule has 6 nitrogen and oxygen atoms in total. The van der Waals surface area contributed by atoms with Gasteiger partial charge in [-0.05, 0) is 12.1 Å². The first-order chi connectivity index (χ1) is 8.08. The van der Waals surface area contributed by atoms with Crippen LogP contribution in [-0.4, -0.2) is 31.4 Å². The van der Waals surface area contributed by atoms with Gasteiger partial charge < -0.3 is 14.6 Å². The summed E-state index contributed by atoms with van der Waals surface area (Å²) in [6, 6.07) is 3.15. The first-order valence-electron chi connectivity index (χ1n) is 4.83. The van der Waals surface area contributed by atoms with Gasteiger partial charge in [-0.2, -0.15) is 5.10 Å². The molecular weight excluding hydrogens is 224 g/mol. The monoisotopic (exact) mass is 238 g/mol. The molecule has 0 saturated heterocycles. The lowest BCUT2D eigenvalue weighted by Gasteiger charge is -2.09. The lowest BCUT2D eigenvalue weighted by Crippen LogP contribution is -2.12. The number of amides is 1. The Morgan fingerprint density at radius 3 is 2.29 bits per heavy atom. The third-order valence-electron chi connectivity index (χ3n) is 1.94. The molecule has 1 aromatic carbocycles. The van der Waals surface area contributed by atoms with Crippen molar-refractivity contribution in [3.05, 3.63) is 17.7 Å². The quantitative estimate of drug-likeness (QED) is 0.602. The Morgan fingerprint density at radius 1 is 1.35 bits per heavy atom. The minimum atomic E-state index is -0.265. The van der Waals surface area contributed by atoms with Gasteiger partial charge in [-0.3, -0.25) is 4.79 Å². The van der Waals surface area contributed by atoms with Gasteiger partial charge in [-0.15, -0.1) is 0 Å². The van der Waals surface area contributed by atoms with Crippen LogP contribution in [0.2, 0.25) is 0 Å². The van der Waals surface area contributed by atoms with Gasteiger partial charge in [0.2, 0.25) is 11.7 Å². The van der Waals surface area contributed by atoms with E-state index in [1.807, 2.05) is 0 Å². The Kier molecular flexibility index (Phi) is 4.33. The highest BCUT2D eigenvalue weighted by Gasteiger charge is 2.09. The smallest absolute Gasteiger partial charge is 0.236 e. The molecule has 0 bridgehead atoms. The van der Waals surface area contributed by atoms with Crippen molar-refractivity contribution >= 4 is 12.1 Å². The van der Waals surface area contributed by atoms with Crippen LogP contribution in [0.3, 0.4) is 0 Å². The summed E-state index contributed by atoms with van der Waals surface area (Å²) in [5.41, 5.74) is 2.90. The first kappa shape index (κ1) is 12.8. The van der Waals surface area contributed by atoms with Gasteiger partial charge in [-0.1, -0.05) is 0 Å². The van der Waals surface area contributed by atoms with Crippen molar-refractivity contribution in [1.82, 2.24) is 5.43 Å². The van der Waals surface area contributed by atoms with Crippen LogP contribution in [0.1, 0.15) is 12.5 Å². The predicted octanol–water partition coefficient (Wildman–Crippen LogP) is 0.879. The summed E-state index contributed by atoms with van der Waals surface area (Å²) in [7, 11) is 2.87. The molecule has 1 amide bonds. The molecule has 0 unspecified atom stereocenters. The molecular formula is C11H14N2O4. The Hall–Kier alpha value is -2.24. The molecule has 0 aliphatic heterocycles. The normalized spacial score (nSPS) is 10.3. The summed E-state index contributed by atoms with van der Waals surface area (Å²) in [6.07, 6.45) is 1.42. The number of ether oxygens (including phenoxy) is 2. The molecule has 0 fully saturated rings. The van der Waals surface area contributed by atoms with Crippen molar-refractivity contribution in [2.75, 3.05) is 14.2 Å². The Morgan fingerprint density at radius 2 is 1.88 bits per heavy atom. The number of benzene rings is 1. The number of rotatable bonds is 4. The number of hydrazone groups is 1. The number of carbonyl (C=O) groups excluding carboxylic acids is 1. The second-order valence-electron chi connectivity index (χ2n) is 3.20. The Bertz CT molecular complexity index is 418. The largest absolute Gasteiger partial charge is 0.502 e. The minimum Gasteiger partial charge on any atom is -0.502 e. The van der Waals surface area contributed by atoms with Gasteiger partial charge in [0.1, 0.15) is 0 Å². The second kappa shape index (κ2) is 5.74. The SMILES string of the molecule is COc1cc(C=NNC(C)=O)cc(OC)c1O. The lowest BCUT2D eigenvalue weighted by atomic mass is 10.2. The molecule has 92 valence electrons. The van der Waals surface area contributed by atoms with E-state index in [0.717, 1.165) is 0 Å². The maximum absolute atomic E-state index is 10.6. The van der Waals surface area contributed by atoms with Crippen LogP contribution in [0.4, 0.5) is 0 Å². The van der Waals surface area contributed by atoms with E-state index in [1.165, 1.54) is 27.4 Å². The highest BCUT2D eigenvalue weighted by atomic mass is 16.5. The van der Waals surface area contributed by atoms with Crippen LogP contribution in [0.5, 0.6) is 17.2 Å². The van der Waals surface area contributed by atoms with Crippen LogP contribution >= 0.6 is 0 Å². The van der Waals surface area contributed by atoms with Gasteiger partial charge in [0.15, 0.2) is 11.5 Å². The molecule has 0 aliphatic carbocycles. The van der Waals surface area contributed by atoms with Gasteiger partial charge >= 0.3 is 0 Å². The third kappa shape index (κ3) is 3.37. The van der Waals surface area contributed by atoms with Crippen molar-refractivity contribution in [3.63, 3.8) is 0 Å². The molecule has 0 radical (unpaired) electrons. The van der Waals surface area contributed by atoms with Crippen molar-refractivity contribution in [3.8, 4) is 17.2 Å². The maximum atomic E-state index is 10.6. The number of phenols is 1. The summed E-state index contributed by atoms with van der Waals surface area (Å²) in [6.45, 7) is 1.36. The van der Waals surface area contributed by atoms with Crippen molar-refractivity contribution in [2.45, 2.75) is 6.92 Å². The van der Waals surface area contributed by atoms with Crippen LogP contribution in [-0.2, 0) is 4.79 Å². The topological polar surface area (TPSA) is 80.2 Å². The number of carbonyl (C=O) groups is 1. The molecule has 17 heavy (non-hydrogen) atoms. The zero-order chi connectivity index (χ0) is 12.8. The maximum Gasteiger partial charge on any atom is 0.236 e. The molecule has 0 aliphatic rings. The molecule has 2 N–H and O–H groups in total. The van der Waals surface area contributed by atoms with E-state index in [0.29, 0.717) is 5.56 Å². The van der Waals surface area contributed by atoms with Crippen LogP contribution in [0, 0.1) is 0 Å². The summed E-state index contributed by atoms with van der Waals surface area (Å²) in [4.78, 5) is 10.6. The third-order valence-corrected chi connectivity index (χ3v) is 1.94. The fourth-order valence-electron chi connectivity index (χ4n) is 1.19. The van der Waals surface area contributed by atoms with E-state index >= 15 is 0 Å². The number of hydrogen-bond donors (Lipinski definition) is 2. The number of nitrogens with zero attached hydrogens (tertiary/aromatic N) is 1. The zero-order valence-corrected chi connectivity index (χ0v) is 9.85. The van der Waals surface area contributed by atoms with E-state index in [1.54, 1.807) is 12.1 Å². The molecule has 0 spiro atoms. The van der Waals surface area contributed by atoms with Gasteiger partial charge in [0.05, 0.1) is 20.4 Å². The second-order valence-corrected chi connectivity index (χ2v) is 3.20. The molecule has 6 heteroatoms. The fourth-order valence-corrected chi connectivity index (χ4v) is 1.19. The summed E-state index contributed by atoms with van der Waals surface area (Å²) in [5, 5.41) is 13.4. The highest BCUT2D eigenvalue weighted by molar-refractivity contribution is 5.83. The van der Waals surface area contributed by atoms with Gasteiger partial charge in [-0.25, -0.2) is 5.43 Å². The van der Waals surface area contributed by atoms with Crippen molar-refractivity contribution in [1.29, 1.82) is 0 Å². The van der Waals surface area contributed by atoms with Crippen LogP contribution in [0.15, 0.2) is 17.2 Å². The highest BCUT2D eigenvalue weighted by Crippen LogP contribution is 2.36. The van der Waals surface area contributed by atoms with E-state index in [-0.39, 0.29) is 23.2 Å². The molecule has 1 rings (SSSR count). The van der Waals surface area contributed by atoms with E-state index < -0.39 is 0 Å². The number of methoxy groups -OCH3 is 2. The fraction of sp³-hybridized carbons (Fsp3) is 0.273. The Labute approximate surface area is 98.9 Å². The Balaban J connectivity index is 3.00. The predicted molar refractivity (Wildman–Crippen MR) is 62.6 cm³/mol. The summed E-state index contributed by atoms with van der Waals surface area (Å²) in [5.74, 6) is 0.202. The van der Waals surface area contributed by atoms with Crippen LogP contribution < -0.4 is 14.9 Å². The summed E-state index contributed by atoms with van der Waals surface area (Å²) < 4.78 is 9.95.